The van der Waals surface area contributed by atoms with Gasteiger partial charge >= 0.3 is 0 Å². The Morgan fingerprint density at radius 3 is 2.46 bits per heavy atom. The molecule has 0 aliphatic carbocycles. The molecule has 5 nitrogen and oxygen atoms in total. The van der Waals surface area contributed by atoms with E-state index in [2.05, 4.69) is 71.0 Å². The fraction of sp³-hybridized carbons (Fsp3) is 0.588. The first-order chi connectivity index (χ1) is 11.5. The van der Waals surface area contributed by atoms with Crippen molar-refractivity contribution >= 4 is 28.6 Å². The molecule has 0 aliphatic heterocycles. The van der Waals surface area contributed by atoms with E-state index in [9.17, 15) is 0 Å². The summed E-state index contributed by atoms with van der Waals surface area (Å²) in [4.78, 5) is 13.9. The van der Waals surface area contributed by atoms with Gasteiger partial charge in [-0.1, -0.05) is 27.7 Å². The van der Waals surface area contributed by atoms with E-state index in [-0.39, 0.29) is 0 Å². The summed E-state index contributed by atoms with van der Waals surface area (Å²) in [5, 5.41) is 13.1. The zero-order valence-corrected chi connectivity index (χ0v) is 16.7. The minimum absolute atomic E-state index is 0.469. The Morgan fingerprint density at radius 2 is 1.88 bits per heavy atom. The van der Waals surface area contributed by atoms with Crippen molar-refractivity contribution in [3.05, 3.63) is 32.2 Å². The molecule has 2 rings (SSSR count). The van der Waals surface area contributed by atoms with E-state index >= 15 is 0 Å². The number of aromatic nitrogens is 2. The molecule has 132 valence electrons. The lowest BCUT2D eigenvalue weighted by Crippen LogP contribution is -2.36. The molecule has 2 heterocycles. The molecule has 0 atom stereocenters. The lowest BCUT2D eigenvalue weighted by Gasteiger charge is -2.09. The molecule has 0 saturated heterocycles. The third-order valence-electron chi connectivity index (χ3n) is 3.37. The summed E-state index contributed by atoms with van der Waals surface area (Å²) >= 11 is 3.40. The Kier molecular flexibility index (Phi) is 7.17. The van der Waals surface area contributed by atoms with Crippen LogP contribution in [0.5, 0.6) is 0 Å². The third-order valence-corrected chi connectivity index (χ3v) is 5.44. The van der Waals surface area contributed by atoms with E-state index in [0.29, 0.717) is 24.9 Å². The van der Waals surface area contributed by atoms with Gasteiger partial charge in [0.25, 0.3) is 0 Å². The Bertz CT molecular complexity index is 657. The van der Waals surface area contributed by atoms with Crippen molar-refractivity contribution in [2.45, 2.75) is 59.5 Å². The highest BCUT2D eigenvalue weighted by atomic mass is 32.1. The SMILES string of the molecule is CCNC(=NCc1csc(C(C)C)n1)NCc1nc(C(C)C)cs1. The van der Waals surface area contributed by atoms with E-state index in [1.807, 2.05) is 0 Å². The van der Waals surface area contributed by atoms with Crippen LogP contribution in [0.2, 0.25) is 0 Å². The number of guanidine groups is 1. The second-order valence-corrected chi connectivity index (χ2v) is 8.03. The second kappa shape index (κ2) is 9.13. The fourth-order valence-electron chi connectivity index (χ4n) is 1.99. The van der Waals surface area contributed by atoms with Gasteiger partial charge < -0.3 is 10.6 Å². The van der Waals surface area contributed by atoms with Gasteiger partial charge in [-0.15, -0.1) is 22.7 Å². The van der Waals surface area contributed by atoms with Gasteiger partial charge in [0.05, 0.1) is 29.5 Å². The Morgan fingerprint density at radius 1 is 1.08 bits per heavy atom. The van der Waals surface area contributed by atoms with E-state index in [4.69, 9.17) is 0 Å². The molecule has 7 heteroatoms. The number of rotatable bonds is 7. The number of nitrogens with one attached hydrogen (secondary N) is 2. The fourth-order valence-corrected chi connectivity index (χ4v) is 3.71. The van der Waals surface area contributed by atoms with Crippen LogP contribution in [0.15, 0.2) is 15.8 Å². The van der Waals surface area contributed by atoms with Crippen LogP contribution in [0.4, 0.5) is 0 Å². The maximum Gasteiger partial charge on any atom is 0.191 e. The zero-order valence-electron chi connectivity index (χ0n) is 15.1. The highest BCUT2D eigenvalue weighted by molar-refractivity contribution is 7.10. The average Bonchev–Trinajstić information content (AvgIpc) is 3.19. The molecule has 2 aromatic heterocycles. The zero-order chi connectivity index (χ0) is 17.5. The van der Waals surface area contributed by atoms with Crippen molar-refractivity contribution in [2.24, 2.45) is 4.99 Å². The summed E-state index contributed by atoms with van der Waals surface area (Å²) in [6.45, 7) is 12.8. The van der Waals surface area contributed by atoms with E-state index in [1.165, 1.54) is 5.01 Å². The van der Waals surface area contributed by atoms with E-state index < -0.39 is 0 Å². The molecule has 0 radical (unpaired) electrons. The summed E-state index contributed by atoms with van der Waals surface area (Å²) in [6, 6.07) is 0. The van der Waals surface area contributed by atoms with Crippen LogP contribution < -0.4 is 10.6 Å². The van der Waals surface area contributed by atoms with Gasteiger partial charge in [-0.05, 0) is 12.8 Å². The molecule has 0 spiro atoms. The molecule has 0 fully saturated rings. The molecule has 2 aromatic rings. The number of nitrogens with zero attached hydrogens (tertiary/aromatic N) is 3. The van der Waals surface area contributed by atoms with Crippen LogP contribution in [0.3, 0.4) is 0 Å². The molecule has 0 bridgehead atoms. The monoisotopic (exact) mass is 365 g/mol. The first-order valence-electron chi connectivity index (χ1n) is 8.40. The van der Waals surface area contributed by atoms with Gasteiger partial charge in [-0.2, -0.15) is 0 Å². The largest absolute Gasteiger partial charge is 0.357 e. The number of aliphatic imine (C=N–C) groups is 1. The van der Waals surface area contributed by atoms with Crippen molar-refractivity contribution in [3.8, 4) is 0 Å². The van der Waals surface area contributed by atoms with Gasteiger partial charge in [-0.3, -0.25) is 0 Å². The molecule has 0 aliphatic rings. The van der Waals surface area contributed by atoms with Crippen molar-refractivity contribution in [3.63, 3.8) is 0 Å². The predicted octanol–water partition coefficient (Wildman–Crippen LogP) is 4.10. The van der Waals surface area contributed by atoms with Crippen molar-refractivity contribution in [1.29, 1.82) is 0 Å². The highest BCUT2D eigenvalue weighted by Crippen LogP contribution is 2.19. The molecular formula is C17H27N5S2. The lowest BCUT2D eigenvalue weighted by atomic mass is 10.2. The normalized spacial score (nSPS) is 12.2. The Balaban J connectivity index is 1.94. The third kappa shape index (κ3) is 5.56. The Labute approximate surface area is 152 Å². The summed E-state index contributed by atoms with van der Waals surface area (Å²) in [6.07, 6.45) is 0. The summed E-state index contributed by atoms with van der Waals surface area (Å²) in [5.74, 6) is 1.74. The summed E-state index contributed by atoms with van der Waals surface area (Å²) in [5.41, 5.74) is 2.18. The molecule has 0 saturated carbocycles. The quantitative estimate of drug-likeness (QED) is 0.573. The smallest absolute Gasteiger partial charge is 0.191 e. The summed E-state index contributed by atoms with van der Waals surface area (Å²) < 4.78 is 0. The molecule has 24 heavy (non-hydrogen) atoms. The molecule has 0 unspecified atom stereocenters. The molecule has 0 amide bonds. The number of hydrogen-bond acceptors (Lipinski definition) is 5. The van der Waals surface area contributed by atoms with E-state index in [0.717, 1.165) is 28.9 Å². The van der Waals surface area contributed by atoms with Gasteiger partial charge in [0, 0.05) is 23.2 Å². The minimum Gasteiger partial charge on any atom is -0.357 e. The lowest BCUT2D eigenvalue weighted by molar-refractivity contribution is 0.785. The van der Waals surface area contributed by atoms with Crippen LogP contribution in [0.1, 0.15) is 67.9 Å². The van der Waals surface area contributed by atoms with Gasteiger partial charge in [0.15, 0.2) is 5.96 Å². The predicted molar refractivity (Wildman–Crippen MR) is 104 cm³/mol. The van der Waals surface area contributed by atoms with Crippen LogP contribution in [0, 0.1) is 0 Å². The van der Waals surface area contributed by atoms with Crippen LogP contribution in [-0.2, 0) is 13.1 Å². The standard InChI is InChI=1S/C17H27N5S2/c1-6-18-17(19-7-13-9-24-16(21-13)12(4)5)20-8-15-22-14(10-23-15)11(2)3/h9-12H,6-8H2,1-5H3,(H2,18,19,20). The summed E-state index contributed by atoms with van der Waals surface area (Å²) in [7, 11) is 0. The number of hydrogen-bond donors (Lipinski definition) is 2. The maximum absolute atomic E-state index is 4.65. The molecule has 0 aromatic carbocycles. The number of thiazole rings is 2. The minimum atomic E-state index is 0.469. The van der Waals surface area contributed by atoms with Gasteiger partial charge in [0.2, 0.25) is 0 Å². The highest BCUT2D eigenvalue weighted by Gasteiger charge is 2.08. The maximum atomic E-state index is 4.65. The van der Waals surface area contributed by atoms with Crippen LogP contribution in [0.25, 0.3) is 0 Å². The van der Waals surface area contributed by atoms with Crippen molar-refractivity contribution in [2.75, 3.05) is 6.54 Å². The topological polar surface area (TPSA) is 62.2 Å². The molecule has 2 N–H and O–H groups in total. The van der Waals surface area contributed by atoms with Crippen molar-refractivity contribution in [1.82, 2.24) is 20.6 Å². The van der Waals surface area contributed by atoms with Crippen LogP contribution >= 0.6 is 22.7 Å². The van der Waals surface area contributed by atoms with Crippen molar-refractivity contribution < 1.29 is 0 Å². The average molecular weight is 366 g/mol. The second-order valence-electron chi connectivity index (χ2n) is 6.20. The Hall–Kier alpha value is -1.47. The molecular weight excluding hydrogens is 338 g/mol. The van der Waals surface area contributed by atoms with Crippen LogP contribution in [-0.4, -0.2) is 22.5 Å². The van der Waals surface area contributed by atoms with Gasteiger partial charge in [-0.25, -0.2) is 15.0 Å². The first kappa shape index (κ1) is 18.9. The van der Waals surface area contributed by atoms with E-state index in [1.54, 1.807) is 22.7 Å². The first-order valence-corrected chi connectivity index (χ1v) is 10.2. The van der Waals surface area contributed by atoms with Gasteiger partial charge in [0.1, 0.15) is 5.01 Å².